The van der Waals surface area contributed by atoms with E-state index in [0.717, 1.165) is 23.4 Å². The van der Waals surface area contributed by atoms with Crippen LogP contribution in [-0.4, -0.2) is 36.5 Å². The van der Waals surface area contributed by atoms with Gasteiger partial charge in [0.25, 0.3) is 5.91 Å². The quantitative estimate of drug-likeness (QED) is 0.298. The maximum Gasteiger partial charge on any atom is 0.258 e. The van der Waals surface area contributed by atoms with Crippen LogP contribution in [0.1, 0.15) is 40.7 Å². The van der Waals surface area contributed by atoms with Crippen LogP contribution in [0.2, 0.25) is 0 Å². The number of amides is 2. The number of benzene rings is 2. The van der Waals surface area contributed by atoms with Crippen molar-refractivity contribution in [2.45, 2.75) is 25.8 Å². The molecule has 0 bridgehead atoms. The Morgan fingerprint density at radius 1 is 1.03 bits per heavy atom. The van der Waals surface area contributed by atoms with Gasteiger partial charge in [0.2, 0.25) is 6.41 Å². The van der Waals surface area contributed by atoms with Gasteiger partial charge in [-0.3, -0.25) is 25.2 Å². The highest BCUT2D eigenvalue weighted by Crippen LogP contribution is 2.24. The number of hydrogen-bond acceptors (Lipinski definition) is 6. The van der Waals surface area contributed by atoms with Gasteiger partial charge in [0.1, 0.15) is 0 Å². The maximum absolute atomic E-state index is 12.3. The van der Waals surface area contributed by atoms with Crippen molar-refractivity contribution < 1.29 is 9.59 Å². The third kappa shape index (κ3) is 5.69. The monoisotopic (exact) mass is 446 g/mol. The molecule has 1 aromatic heterocycles. The first-order valence-electron chi connectivity index (χ1n) is 10.7. The molecule has 6 nitrogen and oxygen atoms in total. The average molecular weight is 447 g/mol. The number of nitrogens with zero attached hydrogens (tertiary/aromatic N) is 2. The minimum atomic E-state index is -0.458. The van der Waals surface area contributed by atoms with E-state index in [4.69, 9.17) is 0 Å². The van der Waals surface area contributed by atoms with Gasteiger partial charge >= 0.3 is 0 Å². The maximum atomic E-state index is 12.3. The number of rotatable bonds is 8. The lowest BCUT2D eigenvalue weighted by Crippen LogP contribution is -2.29. The minimum absolute atomic E-state index is 0.388. The molecule has 1 aliphatic rings. The van der Waals surface area contributed by atoms with Crippen LogP contribution in [0.3, 0.4) is 0 Å². The van der Waals surface area contributed by atoms with E-state index in [1.54, 1.807) is 23.6 Å². The van der Waals surface area contributed by atoms with Crippen LogP contribution in [0.4, 0.5) is 5.69 Å². The van der Waals surface area contributed by atoms with Crippen molar-refractivity contribution >= 4 is 35.6 Å². The van der Waals surface area contributed by atoms with Gasteiger partial charge < -0.3 is 0 Å². The Kier molecular flexibility index (Phi) is 7.42. The number of thiophene rings is 1. The summed E-state index contributed by atoms with van der Waals surface area (Å²) in [5, 5.41) is 10.6. The van der Waals surface area contributed by atoms with E-state index in [-0.39, 0.29) is 0 Å². The zero-order valence-electron chi connectivity index (χ0n) is 17.8. The summed E-state index contributed by atoms with van der Waals surface area (Å²) in [6.45, 7) is 3.33. The summed E-state index contributed by atoms with van der Waals surface area (Å²) in [6.07, 6.45) is 5.91. The predicted molar refractivity (Wildman–Crippen MR) is 130 cm³/mol. The molecule has 1 fully saturated rings. The summed E-state index contributed by atoms with van der Waals surface area (Å²) in [7, 11) is 0. The number of carbonyl (C=O) groups excluding carboxylic acids is 2. The molecule has 0 atom stereocenters. The Morgan fingerprint density at radius 3 is 2.56 bits per heavy atom. The van der Waals surface area contributed by atoms with Crippen LogP contribution in [0.5, 0.6) is 0 Å². The smallest absolute Gasteiger partial charge is 0.258 e. The second-order valence-electron chi connectivity index (χ2n) is 7.81. The lowest BCUT2D eigenvalue weighted by atomic mass is 10.0. The summed E-state index contributed by atoms with van der Waals surface area (Å²) in [5.41, 5.74) is 8.27. The Hall–Kier alpha value is -3.29. The van der Waals surface area contributed by atoms with Crippen LogP contribution in [0.15, 0.2) is 64.4 Å². The molecule has 4 rings (SSSR count). The fourth-order valence-corrected chi connectivity index (χ4v) is 4.52. The summed E-state index contributed by atoms with van der Waals surface area (Å²) >= 11 is 1.61. The number of piperidine rings is 1. The number of hydrazone groups is 1. The average Bonchev–Trinajstić information content (AvgIpc) is 3.36. The molecular weight excluding hydrogens is 420 g/mol. The fourth-order valence-electron chi connectivity index (χ4n) is 3.85. The van der Waals surface area contributed by atoms with Crippen LogP contribution in [-0.2, 0) is 11.3 Å². The van der Waals surface area contributed by atoms with E-state index in [0.29, 0.717) is 17.5 Å². The zero-order chi connectivity index (χ0) is 22.2. The van der Waals surface area contributed by atoms with Crippen LogP contribution < -0.4 is 10.7 Å². The Balaban J connectivity index is 1.46. The van der Waals surface area contributed by atoms with E-state index >= 15 is 0 Å². The summed E-state index contributed by atoms with van der Waals surface area (Å²) in [5.74, 6) is -0.458. The van der Waals surface area contributed by atoms with Gasteiger partial charge in [-0.1, -0.05) is 24.6 Å². The summed E-state index contributed by atoms with van der Waals surface area (Å²) in [6, 6.07) is 15.8. The standard InChI is InChI=1S/C25H26N4O2S/c30-18-26-25(31)24-9-6-20(21-10-13-32-17-21)14-22(24)15-27-28-23-7-4-19(5-8-23)16-29-11-2-1-3-12-29/h4-10,13-15,17-18,28H,1-3,11-12,16H2,(H,26,30,31)/b27-15+. The van der Waals surface area contributed by atoms with Crippen molar-refractivity contribution in [2.24, 2.45) is 5.10 Å². The highest BCUT2D eigenvalue weighted by Gasteiger charge is 2.12. The van der Waals surface area contributed by atoms with Crippen molar-refractivity contribution in [2.75, 3.05) is 18.5 Å². The van der Waals surface area contributed by atoms with Gasteiger partial charge in [-0.25, -0.2) is 0 Å². The predicted octanol–water partition coefficient (Wildman–Crippen LogP) is 4.73. The SMILES string of the molecule is O=CNC(=O)c1ccc(-c2ccsc2)cc1/C=N/Nc1ccc(CN2CCCCC2)cc1. The molecule has 164 valence electrons. The molecule has 2 amide bonds. The van der Waals surface area contributed by atoms with Gasteiger partial charge in [-0.05, 0) is 83.7 Å². The normalized spacial score (nSPS) is 14.4. The molecule has 1 saturated heterocycles. The largest absolute Gasteiger partial charge is 0.299 e. The van der Waals surface area contributed by atoms with E-state index in [2.05, 4.69) is 32.9 Å². The number of nitrogens with one attached hydrogen (secondary N) is 2. The van der Waals surface area contributed by atoms with Gasteiger partial charge in [-0.15, -0.1) is 0 Å². The number of hydrogen-bond donors (Lipinski definition) is 2. The molecule has 2 N–H and O–H groups in total. The van der Waals surface area contributed by atoms with Crippen LogP contribution in [0, 0.1) is 0 Å². The molecule has 0 radical (unpaired) electrons. The second-order valence-corrected chi connectivity index (χ2v) is 8.59. The van der Waals surface area contributed by atoms with Crippen molar-refractivity contribution in [1.29, 1.82) is 0 Å². The third-order valence-electron chi connectivity index (χ3n) is 5.55. The second kappa shape index (κ2) is 10.8. The zero-order valence-corrected chi connectivity index (χ0v) is 18.6. The Labute approximate surface area is 192 Å². The lowest BCUT2D eigenvalue weighted by molar-refractivity contribution is -0.108. The van der Waals surface area contributed by atoms with Gasteiger partial charge in [-0.2, -0.15) is 16.4 Å². The molecular formula is C25H26N4O2S. The van der Waals surface area contributed by atoms with E-state index in [9.17, 15) is 9.59 Å². The first-order valence-corrected chi connectivity index (χ1v) is 11.7. The molecule has 32 heavy (non-hydrogen) atoms. The van der Waals surface area contributed by atoms with E-state index in [1.165, 1.54) is 37.9 Å². The lowest BCUT2D eigenvalue weighted by Gasteiger charge is -2.26. The third-order valence-corrected chi connectivity index (χ3v) is 6.23. The molecule has 2 aromatic carbocycles. The number of carbonyl (C=O) groups is 2. The molecule has 7 heteroatoms. The van der Waals surface area contributed by atoms with Crippen LogP contribution >= 0.6 is 11.3 Å². The molecule has 0 spiro atoms. The Bertz CT molecular complexity index is 1070. The topological polar surface area (TPSA) is 73.8 Å². The van der Waals surface area contributed by atoms with E-state index in [1.807, 2.05) is 41.1 Å². The summed E-state index contributed by atoms with van der Waals surface area (Å²) < 4.78 is 0. The molecule has 0 saturated carbocycles. The highest BCUT2D eigenvalue weighted by atomic mass is 32.1. The van der Waals surface area contributed by atoms with Crippen molar-refractivity contribution in [3.05, 3.63) is 76.0 Å². The first-order chi connectivity index (χ1) is 15.7. The first kappa shape index (κ1) is 21.9. The number of likely N-dealkylation sites (tertiary alicyclic amines) is 1. The van der Waals surface area contributed by atoms with Crippen molar-refractivity contribution in [3.8, 4) is 11.1 Å². The van der Waals surface area contributed by atoms with E-state index < -0.39 is 5.91 Å². The fraction of sp³-hybridized carbons (Fsp3) is 0.240. The molecule has 2 heterocycles. The summed E-state index contributed by atoms with van der Waals surface area (Å²) in [4.78, 5) is 25.5. The Morgan fingerprint density at radius 2 is 1.84 bits per heavy atom. The van der Waals surface area contributed by atoms with Gasteiger partial charge in [0, 0.05) is 17.7 Å². The highest BCUT2D eigenvalue weighted by molar-refractivity contribution is 7.08. The molecule has 0 aliphatic carbocycles. The number of imide groups is 1. The molecule has 1 aliphatic heterocycles. The number of anilines is 1. The van der Waals surface area contributed by atoms with Gasteiger partial charge in [0.15, 0.2) is 0 Å². The minimum Gasteiger partial charge on any atom is -0.299 e. The van der Waals surface area contributed by atoms with Gasteiger partial charge in [0.05, 0.1) is 11.9 Å². The molecule has 0 unspecified atom stereocenters. The van der Waals surface area contributed by atoms with Crippen LogP contribution in [0.25, 0.3) is 11.1 Å². The molecule has 3 aromatic rings. The van der Waals surface area contributed by atoms with Crippen molar-refractivity contribution in [3.63, 3.8) is 0 Å². The van der Waals surface area contributed by atoms with Crippen molar-refractivity contribution in [1.82, 2.24) is 10.2 Å².